The molecule has 230 valence electrons. The van der Waals surface area contributed by atoms with E-state index >= 15 is 0 Å². The zero-order valence-electron chi connectivity index (χ0n) is 26.0. The minimum Gasteiger partial charge on any atom is -0.493 e. The smallest absolute Gasteiger partial charge is 0.223 e. The number of benzene rings is 2. The van der Waals surface area contributed by atoms with Crippen LogP contribution in [0.2, 0.25) is 0 Å². The summed E-state index contributed by atoms with van der Waals surface area (Å²) >= 11 is 0. The topological polar surface area (TPSA) is 71.6 Å². The van der Waals surface area contributed by atoms with Gasteiger partial charge in [0.15, 0.2) is 11.5 Å². The number of piperidine rings is 1. The Morgan fingerprint density at radius 3 is 2.12 bits per heavy atom. The number of para-hydroxylation sites is 1. The number of aryl methyl sites for hydroxylation is 1. The van der Waals surface area contributed by atoms with Crippen molar-refractivity contribution >= 4 is 17.5 Å². The average Bonchev–Trinajstić information content (AvgIpc) is 3.03. The summed E-state index contributed by atoms with van der Waals surface area (Å²) in [4.78, 5) is 32.5. The number of anilines is 1. The van der Waals surface area contributed by atoms with E-state index in [1.165, 1.54) is 37.7 Å². The zero-order valence-corrected chi connectivity index (χ0v) is 26.0. The van der Waals surface area contributed by atoms with Crippen LogP contribution in [0.5, 0.6) is 17.2 Å². The van der Waals surface area contributed by atoms with Crippen LogP contribution in [0, 0.1) is 0 Å². The maximum Gasteiger partial charge on any atom is 0.223 e. The molecule has 0 saturated carbocycles. The van der Waals surface area contributed by atoms with Crippen LogP contribution in [0.15, 0.2) is 36.4 Å². The van der Waals surface area contributed by atoms with Gasteiger partial charge >= 0.3 is 0 Å². The van der Waals surface area contributed by atoms with Crippen LogP contribution in [0.4, 0.5) is 5.69 Å². The second-order valence-corrected chi connectivity index (χ2v) is 11.5. The van der Waals surface area contributed by atoms with Crippen molar-refractivity contribution in [2.24, 2.45) is 0 Å². The number of rotatable bonds is 7. The SMILES string of the molecule is COc1ccc(CCC(=O)N2CCC(N3CCCCCCCCN(C(C)=O)c4ccccc4C3)CC2)c(OC)c1OC. The molecule has 8 heteroatoms. The molecule has 2 aromatic carbocycles. The fraction of sp³-hybridized carbons (Fsp3) is 0.588. The molecule has 2 aliphatic rings. The lowest BCUT2D eigenvalue weighted by Crippen LogP contribution is -2.47. The van der Waals surface area contributed by atoms with Crippen molar-refractivity contribution in [2.45, 2.75) is 83.7 Å². The molecule has 4 rings (SSSR count). The van der Waals surface area contributed by atoms with Crippen LogP contribution < -0.4 is 19.1 Å². The van der Waals surface area contributed by atoms with Gasteiger partial charge in [-0.3, -0.25) is 14.5 Å². The molecule has 1 fully saturated rings. The lowest BCUT2D eigenvalue weighted by Gasteiger charge is -2.39. The molecule has 0 aliphatic carbocycles. The van der Waals surface area contributed by atoms with Crippen LogP contribution in [-0.4, -0.2) is 75.2 Å². The van der Waals surface area contributed by atoms with E-state index < -0.39 is 0 Å². The molecule has 42 heavy (non-hydrogen) atoms. The molecular formula is C34H49N3O5. The Hall–Kier alpha value is -3.26. The molecule has 0 atom stereocenters. The highest BCUT2D eigenvalue weighted by molar-refractivity contribution is 5.92. The van der Waals surface area contributed by atoms with Crippen LogP contribution in [-0.2, 0) is 22.6 Å². The Morgan fingerprint density at radius 2 is 1.45 bits per heavy atom. The number of ether oxygens (including phenoxy) is 3. The van der Waals surface area contributed by atoms with E-state index in [9.17, 15) is 9.59 Å². The van der Waals surface area contributed by atoms with E-state index in [-0.39, 0.29) is 11.8 Å². The Bertz CT molecular complexity index is 1180. The second-order valence-electron chi connectivity index (χ2n) is 11.5. The summed E-state index contributed by atoms with van der Waals surface area (Å²) < 4.78 is 16.5. The van der Waals surface area contributed by atoms with E-state index in [2.05, 4.69) is 23.1 Å². The van der Waals surface area contributed by atoms with Gasteiger partial charge in [-0.15, -0.1) is 0 Å². The fourth-order valence-corrected chi connectivity index (χ4v) is 6.50. The molecule has 0 aromatic heterocycles. The summed E-state index contributed by atoms with van der Waals surface area (Å²) in [5, 5.41) is 0. The number of hydrogen-bond acceptors (Lipinski definition) is 6. The molecule has 2 aromatic rings. The van der Waals surface area contributed by atoms with Crippen molar-refractivity contribution in [1.82, 2.24) is 9.80 Å². The normalized spacial score (nSPS) is 17.8. The Labute approximate surface area is 251 Å². The molecule has 0 bridgehead atoms. The predicted octanol–water partition coefficient (Wildman–Crippen LogP) is 5.85. The van der Waals surface area contributed by atoms with Crippen LogP contribution in [0.3, 0.4) is 0 Å². The molecule has 0 unspecified atom stereocenters. The molecule has 2 aliphatic heterocycles. The number of carbonyl (C=O) groups is 2. The first kappa shape index (κ1) is 31.7. The summed E-state index contributed by atoms with van der Waals surface area (Å²) in [7, 11) is 4.81. The minimum atomic E-state index is 0.112. The van der Waals surface area contributed by atoms with Crippen molar-refractivity contribution < 1.29 is 23.8 Å². The molecule has 0 N–H and O–H groups in total. The Kier molecular flexibility index (Phi) is 11.9. The summed E-state index contributed by atoms with van der Waals surface area (Å²) in [6, 6.07) is 12.6. The number of methoxy groups -OCH3 is 3. The van der Waals surface area contributed by atoms with Gasteiger partial charge in [-0.25, -0.2) is 0 Å². The van der Waals surface area contributed by atoms with E-state index in [0.29, 0.717) is 36.1 Å². The lowest BCUT2D eigenvalue weighted by molar-refractivity contribution is -0.132. The first-order valence-electron chi connectivity index (χ1n) is 15.6. The molecular weight excluding hydrogens is 530 g/mol. The van der Waals surface area contributed by atoms with E-state index in [0.717, 1.165) is 63.2 Å². The highest BCUT2D eigenvalue weighted by Crippen LogP contribution is 2.40. The monoisotopic (exact) mass is 579 g/mol. The Balaban J connectivity index is 1.40. The summed E-state index contributed by atoms with van der Waals surface area (Å²) in [5.74, 6) is 2.08. The maximum absolute atomic E-state index is 13.3. The van der Waals surface area contributed by atoms with Gasteiger partial charge in [0.2, 0.25) is 17.6 Å². The largest absolute Gasteiger partial charge is 0.493 e. The third-order valence-corrected chi connectivity index (χ3v) is 8.84. The average molecular weight is 580 g/mol. The number of carbonyl (C=O) groups excluding carboxylic acids is 2. The molecule has 0 radical (unpaired) electrons. The lowest BCUT2D eigenvalue weighted by atomic mass is 10.00. The molecule has 2 amide bonds. The summed E-state index contributed by atoms with van der Waals surface area (Å²) in [6.45, 7) is 5.88. The number of fused-ring (bicyclic) bond motifs is 1. The highest BCUT2D eigenvalue weighted by Gasteiger charge is 2.28. The predicted molar refractivity (Wildman–Crippen MR) is 167 cm³/mol. The summed E-state index contributed by atoms with van der Waals surface area (Å²) in [6.07, 6.45) is 10.0. The Morgan fingerprint density at radius 1 is 0.786 bits per heavy atom. The number of hydrogen-bond donors (Lipinski definition) is 0. The van der Waals surface area contributed by atoms with E-state index in [4.69, 9.17) is 14.2 Å². The van der Waals surface area contributed by atoms with Gasteiger partial charge in [0.25, 0.3) is 0 Å². The van der Waals surface area contributed by atoms with Gasteiger partial charge in [-0.2, -0.15) is 0 Å². The van der Waals surface area contributed by atoms with Gasteiger partial charge in [0.1, 0.15) is 0 Å². The fourth-order valence-electron chi connectivity index (χ4n) is 6.50. The van der Waals surface area contributed by atoms with Gasteiger partial charge < -0.3 is 24.0 Å². The quantitative estimate of drug-likeness (QED) is 0.410. The van der Waals surface area contributed by atoms with Gasteiger partial charge in [-0.1, -0.05) is 49.9 Å². The van der Waals surface area contributed by atoms with Gasteiger partial charge in [-0.05, 0) is 61.9 Å². The van der Waals surface area contributed by atoms with Crippen molar-refractivity contribution in [1.29, 1.82) is 0 Å². The number of amides is 2. The molecule has 0 spiro atoms. The standard InChI is InChI=1S/C34H49N3O5/c1-26(38)37-22-12-8-6-5-7-11-21-36(25-28-13-9-10-14-30(28)37)29-19-23-35(24-20-29)32(39)18-16-27-15-17-31(40-2)34(42-4)33(27)41-3/h9-10,13-15,17,29H,5-8,11-12,16,18-25H2,1-4H3. The third kappa shape index (κ3) is 7.97. The third-order valence-electron chi connectivity index (χ3n) is 8.84. The first-order valence-corrected chi connectivity index (χ1v) is 15.6. The van der Waals surface area contributed by atoms with Crippen LogP contribution in [0.25, 0.3) is 0 Å². The molecule has 1 saturated heterocycles. The van der Waals surface area contributed by atoms with Crippen molar-refractivity contribution in [2.75, 3.05) is 52.4 Å². The minimum absolute atomic E-state index is 0.112. The van der Waals surface area contributed by atoms with Crippen molar-refractivity contribution in [3.8, 4) is 17.2 Å². The maximum atomic E-state index is 13.3. The zero-order chi connectivity index (χ0) is 29.9. The van der Waals surface area contributed by atoms with E-state index in [1.807, 2.05) is 28.0 Å². The highest BCUT2D eigenvalue weighted by atomic mass is 16.5. The van der Waals surface area contributed by atoms with E-state index in [1.54, 1.807) is 28.3 Å². The number of nitrogens with zero attached hydrogens (tertiary/aromatic N) is 3. The van der Waals surface area contributed by atoms with Crippen molar-refractivity contribution in [3.63, 3.8) is 0 Å². The van der Waals surface area contributed by atoms with Gasteiger partial charge in [0.05, 0.1) is 21.3 Å². The summed E-state index contributed by atoms with van der Waals surface area (Å²) in [5.41, 5.74) is 3.20. The van der Waals surface area contributed by atoms with Crippen LogP contribution >= 0.6 is 0 Å². The molecule has 2 heterocycles. The van der Waals surface area contributed by atoms with Crippen LogP contribution in [0.1, 0.15) is 75.8 Å². The van der Waals surface area contributed by atoms with Crippen molar-refractivity contribution in [3.05, 3.63) is 47.5 Å². The second kappa shape index (κ2) is 15.8. The number of likely N-dealkylation sites (tertiary alicyclic amines) is 1. The van der Waals surface area contributed by atoms with Gasteiger partial charge in [0, 0.05) is 51.3 Å². The first-order chi connectivity index (χ1) is 20.5. The molecule has 8 nitrogen and oxygen atoms in total.